The molecule has 1 rings (SSSR count). The van der Waals surface area contributed by atoms with E-state index in [1.807, 2.05) is 19.1 Å². The van der Waals surface area contributed by atoms with Crippen molar-refractivity contribution in [2.45, 2.75) is 13.3 Å². The van der Waals surface area contributed by atoms with Gasteiger partial charge in [-0.15, -0.1) is 0 Å². The van der Waals surface area contributed by atoms with Crippen LogP contribution in [0, 0.1) is 29.6 Å². The van der Waals surface area contributed by atoms with Crippen molar-refractivity contribution >= 4 is 0 Å². The molecule has 3 heteroatoms. The van der Waals surface area contributed by atoms with Crippen molar-refractivity contribution in [1.29, 1.82) is 10.5 Å². The number of nitriles is 2. The first-order valence-corrected chi connectivity index (χ1v) is 3.78. The topological polar surface area (TPSA) is 67.8 Å². The molecule has 0 unspecified atom stereocenters. The minimum Gasteiger partial charge on any atom is -0.506 e. The third kappa shape index (κ3) is 1.77. The minimum atomic E-state index is -0.0744. The van der Waals surface area contributed by atoms with E-state index in [9.17, 15) is 5.11 Å². The van der Waals surface area contributed by atoms with Gasteiger partial charge in [-0.25, -0.2) is 0 Å². The standard InChI is InChI=1S/C10H8N2O/c1-7-4-8(2-3-11)10(13)9(5-7)6-12/h4-5,13H,2H2,1H3. The van der Waals surface area contributed by atoms with Crippen molar-refractivity contribution < 1.29 is 5.11 Å². The SMILES string of the molecule is Cc1cc(C#N)c(O)c(CC#N)c1. The summed E-state index contributed by atoms with van der Waals surface area (Å²) in [6.07, 6.45) is 0.127. The fraction of sp³-hybridized carbons (Fsp3) is 0.200. The van der Waals surface area contributed by atoms with Gasteiger partial charge < -0.3 is 5.11 Å². The zero-order valence-electron chi connectivity index (χ0n) is 7.20. The van der Waals surface area contributed by atoms with E-state index in [4.69, 9.17) is 10.5 Å². The monoisotopic (exact) mass is 172 g/mol. The quantitative estimate of drug-likeness (QED) is 0.700. The molecule has 0 saturated carbocycles. The normalized spacial score (nSPS) is 8.85. The molecule has 0 aliphatic carbocycles. The first kappa shape index (κ1) is 9.09. The van der Waals surface area contributed by atoms with E-state index < -0.39 is 0 Å². The molecule has 0 aromatic heterocycles. The molecule has 0 saturated heterocycles. The molecule has 0 fully saturated rings. The number of nitrogens with zero attached hydrogens (tertiary/aromatic N) is 2. The Hall–Kier alpha value is -2.00. The van der Waals surface area contributed by atoms with Crippen LogP contribution >= 0.6 is 0 Å². The number of hydrogen-bond donors (Lipinski definition) is 1. The van der Waals surface area contributed by atoms with Crippen LogP contribution in [0.25, 0.3) is 0 Å². The van der Waals surface area contributed by atoms with Gasteiger partial charge in [-0.1, -0.05) is 6.07 Å². The molecule has 0 heterocycles. The lowest BCUT2D eigenvalue weighted by Gasteiger charge is -2.03. The second-order valence-corrected chi connectivity index (χ2v) is 2.77. The maximum atomic E-state index is 9.47. The van der Waals surface area contributed by atoms with Gasteiger partial charge in [-0.3, -0.25) is 0 Å². The highest BCUT2D eigenvalue weighted by molar-refractivity contribution is 5.50. The Labute approximate surface area is 76.5 Å². The molecule has 1 N–H and O–H groups in total. The third-order valence-electron chi connectivity index (χ3n) is 1.72. The number of phenols is 1. The molecule has 0 spiro atoms. The highest BCUT2D eigenvalue weighted by Crippen LogP contribution is 2.23. The second kappa shape index (κ2) is 3.60. The molecule has 0 atom stereocenters. The van der Waals surface area contributed by atoms with Crippen molar-refractivity contribution in [2.75, 3.05) is 0 Å². The van der Waals surface area contributed by atoms with Crippen LogP contribution < -0.4 is 0 Å². The Morgan fingerprint density at radius 1 is 1.38 bits per heavy atom. The molecule has 0 amide bonds. The van der Waals surface area contributed by atoms with Gasteiger partial charge in [0.2, 0.25) is 0 Å². The summed E-state index contributed by atoms with van der Waals surface area (Å²) in [5.74, 6) is -0.0744. The molecule has 0 radical (unpaired) electrons. The summed E-state index contributed by atoms with van der Waals surface area (Å²) >= 11 is 0. The molecule has 1 aromatic carbocycles. The fourth-order valence-electron chi connectivity index (χ4n) is 1.16. The van der Waals surface area contributed by atoms with E-state index in [1.165, 1.54) is 0 Å². The van der Waals surface area contributed by atoms with Crippen LogP contribution in [-0.4, -0.2) is 5.11 Å². The van der Waals surface area contributed by atoms with Crippen LogP contribution in [0.1, 0.15) is 16.7 Å². The summed E-state index contributed by atoms with van der Waals surface area (Å²) in [6, 6.07) is 7.11. The van der Waals surface area contributed by atoms with Crippen molar-refractivity contribution in [1.82, 2.24) is 0 Å². The van der Waals surface area contributed by atoms with Crippen LogP contribution in [0.2, 0.25) is 0 Å². The average Bonchev–Trinajstić information content (AvgIpc) is 2.11. The van der Waals surface area contributed by atoms with Crippen molar-refractivity contribution in [3.63, 3.8) is 0 Å². The Kier molecular flexibility index (Phi) is 2.52. The zero-order valence-corrected chi connectivity index (χ0v) is 7.20. The number of hydrogen-bond acceptors (Lipinski definition) is 3. The summed E-state index contributed by atoms with van der Waals surface area (Å²) in [7, 11) is 0. The van der Waals surface area contributed by atoms with Crippen LogP contribution in [0.15, 0.2) is 12.1 Å². The van der Waals surface area contributed by atoms with Crippen LogP contribution in [0.3, 0.4) is 0 Å². The van der Waals surface area contributed by atoms with E-state index in [0.29, 0.717) is 5.56 Å². The Bertz CT molecular complexity index is 410. The molecule has 3 nitrogen and oxygen atoms in total. The van der Waals surface area contributed by atoms with Crippen LogP contribution in [0.4, 0.5) is 0 Å². The van der Waals surface area contributed by atoms with E-state index in [0.717, 1.165) is 5.56 Å². The smallest absolute Gasteiger partial charge is 0.137 e. The van der Waals surface area contributed by atoms with Crippen molar-refractivity contribution in [3.8, 4) is 17.9 Å². The Morgan fingerprint density at radius 2 is 2.08 bits per heavy atom. The first-order chi connectivity index (χ1) is 6.19. The lowest BCUT2D eigenvalue weighted by molar-refractivity contribution is 0.468. The largest absolute Gasteiger partial charge is 0.506 e. The molecular weight excluding hydrogens is 164 g/mol. The van der Waals surface area contributed by atoms with Gasteiger partial charge in [0.05, 0.1) is 18.1 Å². The number of benzene rings is 1. The summed E-state index contributed by atoms with van der Waals surface area (Å²) in [6.45, 7) is 1.82. The number of aromatic hydroxyl groups is 1. The average molecular weight is 172 g/mol. The van der Waals surface area contributed by atoms with Gasteiger partial charge in [0.1, 0.15) is 11.8 Å². The predicted octanol–water partition coefficient (Wildman–Crippen LogP) is 1.64. The number of rotatable bonds is 1. The Balaban J connectivity index is 3.31. The van der Waals surface area contributed by atoms with Gasteiger partial charge in [-0.2, -0.15) is 10.5 Å². The van der Waals surface area contributed by atoms with Crippen LogP contribution in [-0.2, 0) is 6.42 Å². The summed E-state index contributed by atoms with van der Waals surface area (Å²) in [4.78, 5) is 0. The molecule has 0 aliphatic heterocycles. The maximum absolute atomic E-state index is 9.47. The van der Waals surface area contributed by atoms with Crippen LogP contribution in [0.5, 0.6) is 5.75 Å². The summed E-state index contributed by atoms with van der Waals surface area (Å²) in [5.41, 5.74) is 1.61. The first-order valence-electron chi connectivity index (χ1n) is 3.78. The van der Waals surface area contributed by atoms with Gasteiger partial charge in [0.25, 0.3) is 0 Å². The fourth-order valence-corrected chi connectivity index (χ4v) is 1.16. The highest BCUT2D eigenvalue weighted by atomic mass is 16.3. The molecule has 0 bridgehead atoms. The van der Waals surface area contributed by atoms with Gasteiger partial charge in [0, 0.05) is 5.56 Å². The number of phenolic OH excluding ortho intramolecular Hbond substituents is 1. The molecule has 13 heavy (non-hydrogen) atoms. The van der Waals surface area contributed by atoms with E-state index in [2.05, 4.69) is 0 Å². The summed E-state index contributed by atoms with van der Waals surface area (Å²) < 4.78 is 0. The Morgan fingerprint density at radius 3 is 2.62 bits per heavy atom. The van der Waals surface area contributed by atoms with E-state index in [1.54, 1.807) is 12.1 Å². The highest BCUT2D eigenvalue weighted by Gasteiger charge is 2.07. The maximum Gasteiger partial charge on any atom is 0.137 e. The third-order valence-corrected chi connectivity index (χ3v) is 1.72. The van der Waals surface area contributed by atoms with Gasteiger partial charge in [-0.05, 0) is 18.6 Å². The predicted molar refractivity (Wildman–Crippen MR) is 46.9 cm³/mol. The molecular formula is C10H8N2O. The molecule has 64 valence electrons. The summed E-state index contributed by atoms with van der Waals surface area (Å²) in [5, 5.41) is 26.6. The second-order valence-electron chi connectivity index (χ2n) is 2.77. The minimum absolute atomic E-state index is 0.0744. The lowest BCUT2D eigenvalue weighted by Crippen LogP contribution is -1.88. The molecule has 0 aliphatic rings. The number of aryl methyl sites for hydroxylation is 1. The van der Waals surface area contributed by atoms with Crippen molar-refractivity contribution in [2.24, 2.45) is 0 Å². The van der Waals surface area contributed by atoms with Gasteiger partial charge in [0.15, 0.2) is 0 Å². The molecule has 1 aromatic rings. The van der Waals surface area contributed by atoms with Gasteiger partial charge >= 0.3 is 0 Å². The zero-order chi connectivity index (χ0) is 9.84. The lowest BCUT2D eigenvalue weighted by atomic mass is 10.0. The van der Waals surface area contributed by atoms with Crippen molar-refractivity contribution in [3.05, 3.63) is 28.8 Å². The van der Waals surface area contributed by atoms with E-state index in [-0.39, 0.29) is 17.7 Å². The van der Waals surface area contributed by atoms with E-state index >= 15 is 0 Å².